The van der Waals surface area contributed by atoms with Crippen LogP contribution in [0.2, 0.25) is 0 Å². The highest BCUT2D eigenvalue weighted by Crippen LogP contribution is 2.23. The van der Waals surface area contributed by atoms with Gasteiger partial charge in [0.2, 0.25) is 11.9 Å². The Balaban J connectivity index is 2.22. The van der Waals surface area contributed by atoms with Crippen LogP contribution in [0, 0.1) is 0 Å². The number of ether oxygens (including phenoxy) is 1. The number of likely N-dealkylation sites (N-methyl/N-ethyl adjacent to an activating group) is 1. The molecular formula is C14H26N6O. The van der Waals surface area contributed by atoms with Crippen LogP contribution < -0.4 is 15.0 Å². The van der Waals surface area contributed by atoms with Gasteiger partial charge in [0.25, 0.3) is 0 Å². The molecule has 1 N–H and O–H groups in total. The Morgan fingerprint density at radius 3 is 2.62 bits per heavy atom. The molecule has 21 heavy (non-hydrogen) atoms. The molecule has 2 heterocycles. The average Bonchev–Trinajstić information content (AvgIpc) is 2.47. The smallest absolute Gasteiger partial charge is 0.322 e. The summed E-state index contributed by atoms with van der Waals surface area (Å²) in [5, 5.41) is 3.20. The molecule has 118 valence electrons. The zero-order valence-corrected chi connectivity index (χ0v) is 13.7. The molecule has 1 aromatic rings. The quantitative estimate of drug-likeness (QED) is 0.876. The Hall–Kier alpha value is -1.63. The number of methoxy groups -OCH3 is 1. The van der Waals surface area contributed by atoms with Gasteiger partial charge in [-0.15, -0.1) is 0 Å². The zero-order valence-electron chi connectivity index (χ0n) is 13.7. The van der Waals surface area contributed by atoms with Gasteiger partial charge in [-0.05, 0) is 27.3 Å². The maximum Gasteiger partial charge on any atom is 0.322 e. The summed E-state index contributed by atoms with van der Waals surface area (Å²) in [6, 6.07) is 0.357. The first-order valence-corrected chi connectivity index (χ1v) is 7.46. The van der Waals surface area contributed by atoms with Crippen molar-refractivity contribution in [1.29, 1.82) is 0 Å². The maximum atomic E-state index is 5.20. The second-order valence-electron chi connectivity index (χ2n) is 6.03. The number of nitrogens with zero attached hydrogens (tertiary/aromatic N) is 5. The molecule has 2 rings (SSSR count). The van der Waals surface area contributed by atoms with Crippen LogP contribution in [0.3, 0.4) is 0 Å². The van der Waals surface area contributed by atoms with Gasteiger partial charge in [0.1, 0.15) is 0 Å². The van der Waals surface area contributed by atoms with Crippen molar-refractivity contribution in [3.8, 4) is 6.01 Å². The Morgan fingerprint density at radius 2 is 2.00 bits per heavy atom. The number of rotatable bonds is 5. The van der Waals surface area contributed by atoms with E-state index in [9.17, 15) is 0 Å². The van der Waals surface area contributed by atoms with Crippen molar-refractivity contribution in [2.24, 2.45) is 0 Å². The van der Waals surface area contributed by atoms with Crippen LogP contribution in [0.1, 0.15) is 27.2 Å². The first-order valence-electron chi connectivity index (χ1n) is 7.46. The Kier molecular flexibility index (Phi) is 4.82. The lowest BCUT2D eigenvalue weighted by atomic mass is 10.0. The molecule has 0 radical (unpaired) electrons. The van der Waals surface area contributed by atoms with Crippen molar-refractivity contribution in [3.05, 3.63) is 0 Å². The molecule has 0 aliphatic carbocycles. The number of hydrogen-bond acceptors (Lipinski definition) is 7. The van der Waals surface area contributed by atoms with Gasteiger partial charge >= 0.3 is 6.01 Å². The summed E-state index contributed by atoms with van der Waals surface area (Å²) in [5.41, 5.74) is 0.0924. The van der Waals surface area contributed by atoms with Crippen molar-refractivity contribution in [1.82, 2.24) is 19.9 Å². The van der Waals surface area contributed by atoms with Gasteiger partial charge in [-0.3, -0.25) is 4.90 Å². The van der Waals surface area contributed by atoms with Crippen LogP contribution in [0.25, 0.3) is 0 Å². The maximum absolute atomic E-state index is 5.20. The standard InChI is InChI=1S/C14H26N6O/c1-6-7-15-11-16-12(18-13(17-11)21-5)20-9-8-19(4)14(2,3)10-20/h6-10H2,1-5H3,(H,15,16,17,18). The highest BCUT2D eigenvalue weighted by Gasteiger charge is 2.32. The summed E-state index contributed by atoms with van der Waals surface area (Å²) >= 11 is 0. The SMILES string of the molecule is CCCNc1nc(OC)nc(N2CCN(C)C(C)(C)C2)n1. The van der Waals surface area contributed by atoms with Crippen LogP contribution in [-0.4, -0.2) is 65.7 Å². The lowest BCUT2D eigenvalue weighted by molar-refractivity contribution is 0.138. The fraction of sp³-hybridized carbons (Fsp3) is 0.786. The molecule has 1 saturated heterocycles. The molecule has 0 atom stereocenters. The molecule has 0 unspecified atom stereocenters. The summed E-state index contributed by atoms with van der Waals surface area (Å²) in [6.07, 6.45) is 1.02. The monoisotopic (exact) mass is 294 g/mol. The second-order valence-corrected chi connectivity index (χ2v) is 6.03. The molecule has 7 nitrogen and oxygen atoms in total. The molecule has 0 aromatic carbocycles. The Bertz CT molecular complexity index is 479. The first kappa shape index (κ1) is 15.8. The predicted molar refractivity (Wildman–Crippen MR) is 84.1 cm³/mol. The van der Waals surface area contributed by atoms with E-state index in [1.54, 1.807) is 7.11 Å². The van der Waals surface area contributed by atoms with Crippen molar-refractivity contribution >= 4 is 11.9 Å². The van der Waals surface area contributed by atoms with Crippen LogP contribution in [0.5, 0.6) is 6.01 Å². The highest BCUT2D eigenvalue weighted by atomic mass is 16.5. The van der Waals surface area contributed by atoms with E-state index in [4.69, 9.17) is 4.74 Å². The lowest BCUT2D eigenvalue weighted by Crippen LogP contribution is -2.58. The van der Waals surface area contributed by atoms with Gasteiger partial charge in [-0.25, -0.2) is 0 Å². The van der Waals surface area contributed by atoms with E-state index in [1.807, 2.05) is 0 Å². The molecule has 0 saturated carbocycles. The highest BCUT2D eigenvalue weighted by molar-refractivity contribution is 5.39. The molecule has 0 amide bonds. The minimum Gasteiger partial charge on any atom is -0.467 e. The minimum absolute atomic E-state index is 0.0924. The van der Waals surface area contributed by atoms with Crippen LogP contribution in [-0.2, 0) is 0 Å². The van der Waals surface area contributed by atoms with E-state index >= 15 is 0 Å². The minimum atomic E-state index is 0.0924. The number of hydrogen-bond donors (Lipinski definition) is 1. The summed E-state index contributed by atoms with van der Waals surface area (Å²) < 4.78 is 5.20. The molecule has 0 bridgehead atoms. The van der Waals surface area contributed by atoms with Crippen molar-refractivity contribution < 1.29 is 4.74 Å². The number of nitrogens with one attached hydrogen (secondary N) is 1. The van der Waals surface area contributed by atoms with Gasteiger partial charge in [0.05, 0.1) is 7.11 Å². The van der Waals surface area contributed by atoms with E-state index in [0.717, 1.165) is 32.6 Å². The van der Waals surface area contributed by atoms with Crippen molar-refractivity contribution in [2.45, 2.75) is 32.7 Å². The molecule has 1 aromatic heterocycles. The van der Waals surface area contributed by atoms with E-state index in [1.165, 1.54) is 0 Å². The third kappa shape index (κ3) is 3.72. The predicted octanol–water partition coefficient (Wildman–Crippen LogP) is 1.23. The van der Waals surface area contributed by atoms with Gasteiger partial charge in [-0.2, -0.15) is 15.0 Å². The van der Waals surface area contributed by atoms with Gasteiger partial charge in [-0.1, -0.05) is 6.92 Å². The second kappa shape index (κ2) is 6.43. The first-order chi connectivity index (χ1) is 9.96. The normalized spacial score (nSPS) is 18.6. The van der Waals surface area contributed by atoms with E-state index in [-0.39, 0.29) is 5.54 Å². The summed E-state index contributed by atoms with van der Waals surface area (Å²) in [7, 11) is 3.73. The Morgan fingerprint density at radius 1 is 1.24 bits per heavy atom. The van der Waals surface area contributed by atoms with E-state index in [2.05, 4.69) is 57.9 Å². The topological polar surface area (TPSA) is 66.4 Å². The van der Waals surface area contributed by atoms with E-state index in [0.29, 0.717) is 17.9 Å². The van der Waals surface area contributed by atoms with Gasteiger partial charge < -0.3 is 15.0 Å². The molecule has 1 fully saturated rings. The molecule has 1 aliphatic rings. The summed E-state index contributed by atoms with van der Waals surface area (Å²) in [5.74, 6) is 1.26. The van der Waals surface area contributed by atoms with Gasteiger partial charge in [0, 0.05) is 31.7 Å². The third-order valence-corrected chi connectivity index (χ3v) is 3.92. The third-order valence-electron chi connectivity index (χ3n) is 3.92. The van der Waals surface area contributed by atoms with E-state index < -0.39 is 0 Å². The molecule has 1 aliphatic heterocycles. The molecular weight excluding hydrogens is 268 g/mol. The van der Waals surface area contributed by atoms with Crippen molar-refractivity contribution in [2.75, 3.05) is 50.6 Å². The van der Waals surface area contributed by atoms with Crippen LogP contribution in [0.4, 0.5) is 11.9 Å². The molecule has 0 spiro atoms. The number of anilines is 2. The molecule has 7 heteroatoms. The largest absolute Gasteiger partial charge is 0.467 e. The van der Waals surface area contributed by atoms with Crippen LogP contribution in [0.15, 0.2) is 0 Å². The Labute approximate surface area is 126 Å². The van der Waals surface area contributed by atoms with Gasteiger partial charge in [0.15, 0.2) is 0 Å². The summed E-state index contributed by atoms with van der Waals surface area (Å²) in [4.78, 5) is 17.7. The fourth-order valence-corrected chi connectivity index (χ4v) is 2.31. The summed E-state index contributed by atoms with van der Waals surface area (Å²) in [6.45, 7) is 10.2. The number of piperazine rings is 1. The average molecular weight is 294 g/mol. The number of aromatic nitrogens is 3. The lowest BCUT2D eigenvalue weighted by Gasteiger charge is -2.45. The van der Waals surface area contributed by atoms with Crippen molar-refractivity contribution in [3.63, 3.8) is 0 Å². The van der Waals surface area contributed by atoms with Crippen LogP contribution >= 0.6 is 0 Å². The fourth-order valence-electron chi connectivity index (χ4n) is 2.31. The zero-order chi connectivity index (χ0) is 15.5.